The lowest BCUT2D eigenvalue weighted by Crippen LogP contribution is -2.53. The zero-order valence-electron chi connectivity index (χ0n) is 23.8. The second kappa shape index (κ2) is 13.5. The zero-order valence-corrected chi connectivity index (χ0v) is 25.4. The van der Waals surface area contributed by atoms with Gasteiger partial charge in [-0.2, -0.15) is 0 Å². The van der Waals surface area contributed by atoms with Crippen molar-refractivity contribution in [2.24, 2.45) is 0 Å². The molecule has 2 amide bonds. The van der Waals surface area contributed by atoms with Crippen LogP contribution in [0.1, 0.15) is 55.7 Å². The summed E-state index contributed by atoms with van der Waals surface area (Å²) in [6.07, 6.45) is 5.09. The third-order valence-corrected chi connectivity index (χ3v) is 9.68. The van der Waals surface area contributed by atoms with E-state index in [0.717, 1.165) is 47.5 Å². The Morgan fingerprint density at radius 2 is 1.54 bits per heavy atom. The molecule has 0 aliphatic heterocycles. The number of nitrogens with zero attached hydrogens (tertiary/aromatic N) is 2. The van der Waals surface area contributed by atoms with Crippen LogP contribution in [0.2, 0.25) is 5.02 Å². The number of aryl methyl sites for hydroxylation is 2. The topological polar surface area (TPSA) is 86.8 Å². The summed E-state index contributed by atoms with van der Waals surface area (Å²) in [5, 5.41) is 3.58. The first-order valence-corrected chi connectivity index (χ1v) is 15.9. The summed E-state index contributed by atoms with van der Waals surface area (Å²) < 4.78 is 29.0. The van der Waals surface area contributed by atoms with Gasteiger partial charge in [0.05, 0.1) is 10.6 Å². The maximum atomic E-state index is 14.1. The summed E-state index contributed by atoms with van der Waals surface area (Å²) >= 11 is 6.46. The van der Waals surface area contributed by atoms with Gasteiger partial charge in [0.1, 0.15) is 12.6 Å². The molecule has 0 bridgehead atoms. The largest absolute Gasteiger partial charge is 0.352 e. The van der Waals surface area contributed by atoms with Gasteiger partial charge >= 0.3 is 0 Å². The molecule has 9 heteroatoms. The molecule has 41 heavy (non-hydrogen) atoms. The van der Waals surface area contributed by atoms with Gasteiger partial charge in [-0.25, -0.2) is 8.42 Å². The average molecular weight is 596 g/mol. The molecule has 1 saturated carbocycles. The molecule has 1 atom stereocenters. The first-order valence-electron chi connectivity index (χ1n) is 14.1. The van der Waals surface area contributed by atoms with Crippen LogP contribution in [0.25, 0.3) is 0 Å². The zero-order chi connectivity index (χ0) is 29.6. The minimum absolute atomic E-state index is 0.0594. The van der Waals surface area contributed by atoms with E-state index in [0.29, 0.717) is 16.3 Å². The predicted molar refractivity (Wildman–Crippen MR) is 163 cm³/mol. The maximum absolute atomic E-state index is 14.1. The van der Waals surface area contributed by atoms with Crippen LogP contribution < -0.4 is 9.62 Å². The first kappa shape index (κ1) is 30.6. The number of hydrogen-bond donors (Lipinski definition) is 1. The first-order chi connectivity index (χ1) is 19.6. The van der Waals surface area contributed by atoms with Crippen molar-refractivity contribution in [3.8, 4) is 0 Å². The Morgan fingerprint density at radius 3 is 2.17 bits per heavy atom. The van der Waals surface area contributed by atoms with Gasteiger partial charge in [-0.1, -0.05) is 73.3 Å². The number of sulfonamides is 1. The van der Waals surface area contributed by atoms with Gasteiger partial charge in [-0.3, -0.25) is 13.9 Å². The second-order valence-corrected chi connectivity index (χ2v) is 13.1. The Bertz CT molecular complexity index is 1450. The van der Waals surface area contributed by atoms with Crippen molar-refractivity contribution >= 4 is 39.1 Å². The Kier molecular flexibility index (Phi) is 10.1. The molecule has 218 valence electrons. The Hall–Kier alpha value is -3.36. The molecule has 0 saturated heterocycles. The van der Waals surface area contributed by atoms with Gasteiger partial charge in [0, 0.05) is 17.6 Å². The Labute approximate surface area is 248 Å². The van der Waals surface area contributed by atoms with Crippen molar-refractivity contribution < 1.29 is 18.0 Å². The van der Waals surface area contributed by atoms with E-state index in [-0.39, 0.29) is 23.4 Å². The third kappa shape index (κ3) is 7.68. The van der Waals surface area contributed by atoms with Crippen LogP contribution >= 0.6 is 11.6 Å². The highest BCUT2D eigenvalue weighted by atomic mass is 35.5. The summed E-state index contributed by atoms with van der Waals surface area (Å²) in [5.74, 6) is -0.768. The van der Waals surface area contributed by atoms with E-state index < -0.39 is 28.5 Å². The Balaban J connectivity index is 1.70. The lowest BCUT2D eigenvalue weighted by molar-refractivity contribution is -0.139. The molecular weight excluding hydrogens is 558 g/mol. The molecule has 1 aliphatic carbocycles. The van der Waals surface area contributed by atoms with Crippen molar-refractivity contribution in [1.29, 1.82) is 0 Å². The van der Waals surface area contributed by atoms with E-state index in [9.17, 15) is 18.0 Å². The number of anilines is 1. The fraction of sp³-hybridized carbons (Fsp3) is 0.375. The number of halogens is 1. The molecule has 4 rings (SSSR count). The molecule has 0 heterocycles. The Morgan fingerprint density at radius 1 is 0.927 bits per heavy atom. The van der Waals surface area contributed by atoms with Crippen molar-refractivity contribution in [3.63, 3.8) is 0 Å². The standard InChI is InChI=1S/C32H38ClN3O4S/c1-23-18-24(2)20-28(19-23)36(41(39,40)29-15-8-5-9-16-29)22-31(37)35(21-26-12-10-11-17-30(26)33)25(3)32(38)34-27-13-6-4-7-14-27/h5,8-12,15-20,25,27H,4,6-7,13-14,21-22H2,1-3H3,(H,34,38)/t25-/m1/s1. The van der Waals surface area contributed by atoms with E-state index in [4.69, 9.17) is 11.6 Å². The van der Waals surface area contributed by atoms with Gasteiger partial charge in [0.2, 0.25) is 11.8 Å². The van der Waals surface area contributed by atoms with E-state index in [1.807, 2.05) is 26.0 Å². The third-order valence-electron chi connectivity index (χ3n) is 7.52. The highest BCUT2D eigenvalue weighted by Gasteiger charge is 2.33. The normalized spacial score (nSPS) is 14.7. The summed E-state index contributed by atoms with van der Waals surface area (Å²) in [6.45, 7) is 5.02. The van der Waals surface area contributed by atoms with Gasteiger partial charge in [-0.05, 0) is 80.6 Å². The molecule has 0 aromatic heterocycles. The van der Waals surface area contributed by atoms with Crippen molar-refractivity contribution in [2.45, 2.75) is 76.4 Å². The molecular formula is C32H38ClN3O4S. The van der Waals surface area contributed by atoms with Crippen molar-refractivity contribution in [1.82, 2.24) is 10.2 Å². The van der Waals surface area contributed by atoms with Crippen LogP contribution in [0, 0.1) is 13.8 Å². The van der Waals surface area contributed by atoms with E-state index >= 15 is 0 Å². The maximum Gasteiger partial charge on any atom is 0.264 e. The van der Waals surface area contributed by atoms with Crippen molar-refractivity contribution in [3.05, 3.63) is 94.5 Å². The number of amides is 2. The van der Waals surface area contributed by atoms with Gasteiger partial charge in [0.15, 0.2) is 0 Å². The van der Waals surface area contributed by atoms with Gasteiger partial charge < -0.3 is 10.2 Å². The van der Waals surface area contributed by atoms with Gasteiger partial charge in [-0.15, -0.1) is 0 Å². The van der Waals surface area contributed by atoms with Crippen molar-refractivity contribution in [2.75, 3.05) is 10.8 Å². The van der Waals surface area contributed by atoms with Crippen LogP contribution in [-0.2, 0) is 26.2 Å². The number of carbonyl (C=O) groups excluding carboxylic acids is 2. The van der Waals surface area contributed by atoms with Crippen LogP contribution in [0.5, 0.6) is 0 Å². The average Bonchev–Trinajstić information content (AvgIpc) is 2.95. The lowest BCUT2D eigenvalue weighted by Gasteiger charge is -2.33. The predicted octanol–water partition coefficient (Wildman–Crippen LogP) is 6.02. The smallest absolute Gasteiger partial charge is 0.264 e. The molecule has 0 radical (unpaired) electrons. The van der Waals surface area contributed by atoms with Gasteiger partial charge in [0.25, 0.3) is 10.0 Å². The molecule has 1 fully saturated rings. The minimum atomic E-state index is -4.11. The molecule has 0 spiro atoms. The lowest BCUT2D eigenvalue weighted by atomic mass is 9.95. The number of nitrogens with one attached hydrogen (secondary N) is 1. The summed E-state index contributed by atoms with van der Waals surface area (Å²) in [6, 6.07) is 19.9. The molecule has 7 nitrogen and oxygen atoms in total. The molecule has 0 unspecified atom stereocenters. The summed E-state index contributed by atoms with van der Waals surface area (Å²) in [5.41, 5.74) is 2.79. The summed E-state index contributed by atoms with van der Waals surface area (Å²) in [4.78, 5) is 29.1. The fourth-order valence-corrected chi connectivity index (χ4v) is 6.92. The molecule has 1 aliphatic rings. The highest BCUT2D eigenvalue weighted by Crippen LogP contribution is 2.27. The quantitative estimate of drug-likeness (QED) is 0.311. The number of rotatable bonds is 10. The van der Waals surface area contributed by atoms with Crippen LogP contribution in [0.3, 0.4) is 0 Å². The summed E-state index contributed by atoms with van der Waals surface area (Å²) in [7, 11) is -4.11. The highest BCUT2D eigenvalue weighted by molar-refractivity contribution is 7.92. The SMILES string of the molecule is Cc1cc(C)cc(N(CC(=O)N(Cc2ccccc2Cl)[C@H](C)C(=O)NC2CCCCC2)S(=O)(=O)c2ccccc2)c1. The monoisotopic (exact) mass is 595 g/mol. The van der Waals surface area contributed by atoms with Crippen LogP contribution in [0.15, 0.2) is 77.7 Å². The van der Waals surface area contributed by atoms with Crippen LogP contribution in [-0.4, -0.2) is 43.8 Å². The second-order valence-electron chi connectivity index (χ2n) is 10.8. The molecule has 3 aromatic carbocycles. The van der Waals surface area contributed by atoms with Crippen LogP contribution in [0.4, 0.5) is 5.69 Å². The number of carbonyl (C=O) groups is 2. The number of hydrogen-bond acceptors (Lipinski definition) is 4. The van der Waals surface area contributed by atoms with E-state index in [2.05, 4.69) is 5.32 Å². The fourth-order valence-electron chi connectivity index (χ4n) is 5.30. The van der Waals surface area contributed by atoms with E-state index in [1.54, 1.807) is 55.5 Å². The minimum Gasteiger partial charge on any atom is -0.352 e. The molecule has 1 N–H and O–H groups in total. The number of benzene rings is 3. The molecule has 3 aromatic rings. The van der Waals surface area contributed by atoms with E-state index in [1.165, 1.54) is 17.0 Å².